The summed E-state index contributed by atoms with van der Waals surface area (Å²) in [6.07, 6.45) is 3.40. The number of ether oxygens (including phenoxy) is 1. The molecule has 5 rings (SSSR count). The molecule has 1 atom stereocenters. The van der Waals surface area contributed by atoms with Gasteiger partial charge in [-0.25, -0.2) is 4.98 Å². The number of nitrogens with zero attached hydrogens (tertiary/aromatic N) is 3. The molecule has 33 heavy (non-hydrogen) atoms. The molecule has 2 heterocycles. The van der Waals surface area contributed by atoms with Crippen LogP contribution in [0.4, 0.5) is 5.69 Å². The van der Waals surface area contributed by atoms with Crippen LogP contribution < -0.4 is 9.64 Å². The van der Waals surface area contributed by atoms with Gasteiger partial charge in [-0.1, -0.05) is 36.4 Å². The zero-order valence-corrected chi connectivity index (χ0v) is 19.5. The second-order valence-electron chi connectivity index (χ2n) is 8.23. The SMILES string of the molecule is CSc1cccc(N2C[C@@H](c3nc4ccccc4n3CCCOc3ccccc3)CC2=O)c1. The topological polar surface area (TPSA) is 47.4 Å². The van der Waals surface area contributed by atoms with Crippen molar-refractivity contribution in [1.29, 1.82) is 0 Å². The molecule has 4 aromatic rings. The lowest BCUT2D eigenvalue weighted by Gasteiger charge is -2.18. The second-order valence-corrected chi connectivity index (χ2v) is 9.11. The van der Waals surface area contributed by atoms with Gasteiger partial charge in [-0.05, 0) is 55.1 Å². The van der Waals surface area contributed by atoms with E-state index in [4.69, 9.17) is 9.72 Å². The van der Waals surface area contributed by atoms with Crippen LogP contribution in [0.2, 0.25) is 0 Å². The average molecular weight is 458 g/mol. The Morgan fingerprint density at radius 1 is 1.03 bits per heavy atom. The molecule has 0 bridgehead atoms. The Bertz CT molecular complexity index is 1250. The molecule has 0 unspecified atom stereocenters. The van der Waals surface area contributed by atoms with Crippen molar-refractivity contribution < 1.29 is 9.53 Å². The number of hydrogen-bond donors (Lipinski definition) is 0. The molecule has 1 amide bonds. The van der Waals surface area contributed by atoms with E-state index in [1.54, 1.807) is 11.8 Å². The molecule has 168 valence electrons. The Hall–Kier alpha value is -3.25. The monoisotopic (exact) mass is 457 g/mol. The average Bonchev–Trinajstić information content (AvgIpc) is 3.43. The van der Waals surface area contributed by atoms with Gasteiger partial charge in [-0.2, -0.15) is 0 Å². The molecule has 3 aromatic carbocycles. The van der Waals surface area contributed by atoms with Crippen LogP contribution in [-0.2, 0) is 11.3 Å². The van der Waals surface area contributed by atoms with Gasteiger partial charge in [-0.3, -0.25) is 4.79 Å². The maximum atomic E-state index is 13.0. The fourth-order valence-corrected chi connectivity index (χ4v) is 4.93. The number of amides is 1. The van der Waals surface area contributed by atoms with Gasteiger partial charge < -0.3 is 14.2 Å². The van der Waals surface area contributed by atoms with Gasteiger partial charge in [0.1, 0.15) is 11.6 Å². The molecule has 1 aromatic heterocycles. The minimum atomic E-state index is 0.0675. The van der Waals surface area contributed by atoms with Crippen LogP contribution in [0, 0.1) is 0 Å². The highest BCUT2D eigenvalue weighted by Gasteiger charge is 2.34. The van der Waals surface area contributed by atoms with Crippen LogP contribution in [-0.4, -0.2) is 34.9 Å². The molecular weight excluding hydrogens is 430 g/mol. The van der Waals surface area contributed by atoms with E-state index in [0.29, 0.717) is 19.6 Å². The van der Waals surface area contributed by atoms with Gasteiger partial charge in [0, 0.05) is 36.0 Å². The van der Waals surface area contributed by atoms with Crippen molar-refractivity contribution in [2.24, 2.45) is 0 Å². The number of rotatable bonds is 8. The van der Waals surface area contributed by atoms with Crippen LogP contribution in [0.25, 0.3) is 11.0 Å². The van der Waals surface area contributed by atoms with E-state index in [1.807, 2.05) is 65.6 Å². The van der Waals surface area contributed by atoms with Crippen molar-refractivity contribution in [2.75, 3.05) is 24.3 Å². The lowest BCUT2D eigenvalue weighted by molar-refractivity contribution is -0.117. The van der Waals surface area contributed by atoms with Gasteiger partial charge in [0.2, 0.25) is 5.91 Å². The minimum absolute atomic E-state index is 0.0675. The molecule has 0 spiro atoms. The van der Waals surface area contributed by atoms with Crippen molar-refractivity contribution in [1.82, 2.24) is 9.55 Å². The number of fused-ring (bicyclic) bond motifs is 1. The van der Waals surface area contributed by atoms with Crippen LogP contribution >= 0.6 is 11.8 Å². The molecule has 1 saturated heterocycles. The van der Waals surface area contributed by atoms with Gasteiger partial charge in [0.05, 0.1) is 17.6 Å². The summed E-state index contributed by atoms with van der Waals surface area (Å²) in [6, 6.07) is 26.3. The highest BCUT2D eigenvalue weighted by atomic mass is 32.2. The van der Waals surface area contributed by atoms with Gasteiger partial charge >= 0.3 is 0 Å². The van der Waals surface area contributed by atoms with Crippen molar-refractivity contribution >= 4 is 34.4 Å². The van der Waals surface area contributed by atoms with E-state index < -0.39 is 0 Å². The fourth-order valence-electron chi connectivity index (χ4n) is 4.48. The van der Waals surface area contributed by atoms with E-state index in [1.165, 1.54) is 0 Å². The second kappa shape index (κ2) is 9.71. The first-order chi connectivity index (χ1) is 16.2. The quantitative estimate of drug-likeness (QED) is 0.250. The highest BCUT2D eigenvalue weighted by Crippen LogP contribution is 2.34. The maximum Gasteiger partial charge on any atom is 0.227 e. The Morgan fingerprint density at radius 2 is 1.85 bits per heavy atom. The Labute approximate surface area is 198 Å². The number of imidazole rings is 1. The summed E-state index contributed by atoms with van der Waals surface area (Å²) in [5.74, 6) is 2.10. The summed E-state index contributed by atoms with van der Waals surface area (Å²) in [5.41, 5.74) is 3.06. The van der Waals surface area contributed by atoms with E-state index in [2.05, 4.69) is 29.0 Å². The van der Waals surface area contributed by atoms with E-state index in [-0.39, 0.29) is 11.8 Å². The summed E-state index contributed by atoms with van der Waals surface area (Å²) < 4.78 is 8.18. The summed E-state index contributed by atoms with van der Waals surface area (Å²) in [4.78, 5) is 21.0. The van der Waals surface area contributed by atoms with E-state index in [0.717, 1.165) is 46.2 Å². The van der Waals surface area contributed by atoms with Gasteiger partial charge in [0.15, 0.2) is 0 Å². The van der Waals surface area contributed by atoms with Crippen LogP contribution in [0.5, 0.6) is 5.75 Å². The number of aromatic nitrogens is 2. The minimum Gasteiger partial charge on any atom is -0.494 e. The summed E-state index contributed by atoms with van der Waals surface area (Å²) in [6.45, 7) is 2.09. The lowest BCUT2D eigenvalue weighted by Crippen LogP contribution is -2.24. The zero-order valence-electron chi connectivity index (χ0n) is 18.7. The molecule has 0 radical (unpaired) electrons. The van der Waals surface area contributed by atoms with Crippen molar-refractivity contribution in [3.05, 3.63) is 84.7 Å². The van der Waals surface area contributed by atoms with Crippen LogP contribution in [0.1, 0.15) is 24.6 Å². The lowest BCUT2D eigenvalue weighted by atomic mass is 10.1. The first-order valence-electron chi connectivity index (χ1n) is 11.3. The molecule has 6 heteroatoms. The third kappa shape index (κ3) is 4.62. The number of carbonyl (C=O) groups is 1. The van der Waals surface area contributed by atoms with Crippen molar-refractivity contribution in [3.8, 4) is 5.75 Å². The number of anilines is 1. The number of benzene rings is 3. The highest BCUT2D eigenvalue weighted by molar-refractivity contribution is 7.98. The third-order valence-electron chi connectivity index (χ3n) is 6.08. The molecule has 0 aliphatic carbocycles. The number of hydrogen-bond acceptors (Lipinski definition) is 4. The molecular formula is C27H27N3O2S. The Balaban J connectivity index is 1.36. The molecule has 1 aliphatic rings. The largest absolute Gasteiger partial charge is 0.494 e. The fraction of sp³-hybridized carbons (Fsp3) is 0.259. The molecule has 5 nitrogen and oxygen atoms in total. The summed E-state index contributed by atoms with van der Waals surface area (Å²) in [7, 11) is 0. The number of thioether (sulfide) groups is 1. The first-order valence-corrected chi connectivity index (χ1v) is 12.5. The van der Waals surface area contributed by atoms with Gasteiger partial charge in [0.25, 0.3) is 0 Å². The first kappa shape index (κ1) is 21.6. The molecule has 0 saturated carbocycles. The smallest absolute Gasteiger partial charge is 0.227 e. The van der Waals surface area contributed by atoms with E-state index >= 15 is 0 Å². The maximum absolute atomic E-state index is 13.0. The molecule has 0 N–H and O–H groups in total. The summed E-state index contributed by atoms with van der Waals surface area (Å²) in [5, 5.41) is 0. The predicted octanol–water partition coefficient (Wildman–Crippen LogP) is 5.75. The standard InChI is InChI=1S/C27H27N3O2S/c1-33-23-12-7-9-21(18-23)30-19-20(17-26(30)31)27-28-24-13-5-6-14-25(24)29(27)15-8-16-32-22-10-3-2-4-11-22/h2-7,9-14,18,20H,8,15-17,19H2,1H3/t20-/m0/s1. The molecule has 1 fully saturated rings. The normalized spacial score (nSPS) is 16.0. The number of carbonyl (C=O) groups excluding carboxylic acids is 1. The Kier molecular flexibility index (Phi) is 6.35. The van der Waals surface area contributed by atoms with Crippen LogP contribution in [0.3, 0.4) is 0 Å². The Morgan fingerprint density at radius 3 is 2.70 bits per heavy atom. The third-order valence-corrected chi connectivity index (χ3v) is 6.80. The van der Waals surface area contributed by atoms with Crippen molar-refractivity contribution in [2.45, 2.75) is 30.2 Å². The number of para-hydroxylation sites is 3. The molecule has 1 aliphatic heterocycles. The zero-order chi connectivity index (χ0) is 22.6. The van der Waals surface area contributed by atoms with Crippen LogP contribution in [0.15, 0.2) is 83.8 Å². The predicted molar refractivity (Wildman–Crippen MR) is 134 cm³/mol. The summed E-state index contributed by atoms with van der Waals surface area (Å²) >= 11 is 1.69. The van der Waals surface area contributed by atoms with Gasteiger partial charge in [-0.15, -0.1) is 11.8 Å². The van der Waals surface area contributed by atoms with E-state index in [9.17, 15) is 4.79 Å². The van der Waals surface area contributed by atoms with Crippen molar-refractivity contribution in [3.63, 3.8) is 0 Å². The number of aryl methyl sites for hydroxylation is 1.